The molecule has 0 aromatic heterocycles. The predicted molar refractivity (Wildman–Crippen MR) is 213 cm³/mol. The molecule has 1 saturated heterocycles. The molecular weight excluding hydrogens is 717 g/mol. The number of oxime groups is 1. The number of rotatable bonds is 18. The van der Waals surface area contributed by atoms with Crippen LogP contribution in [0.4, 0.5) is 0 Å². The van der Waals surface area contributed by atoms with Gasteiger partial charge in [-0.2, -0.15) is 0 Å². The maximum absolute atomic E-state index is 14.0. The number of likely N-dealkylation sites (N-methyl/N-ethyl adjacent to an activating group) is 1. The Labute approximate surface area is 330 Å². The Bertz CT molecular complexity index is 1690. The van der Waals surface area contributed by atoms with Crippen molar-refractivity contribution in [2.24, 2.45) is 28.8 Å². The lowest BCUT2D eigenvalue weighted by Gasteiger charge is -2.59. The summed E-state index contributed by atoms with van der Waals surface area (Å²) < 4.78 is 26.7. The minimum absolute atomic E-state index is 0.00414. The molecular formula is C44H58N2O8S. The van der Waals surface area contributed by atoms with Gasteiger partial charge in [0.2, 0.25) is 18.0 Å². The summed E-state index contributed by atoms with van der Waals surface area (Å²) in [6, 6.07) is 13.6. The van der Waals surface area contributed by atoms with Crippen molar-refractivity contribution in [3.05, 3.63) is 72.3 Å². The molecule has 2 heterocycles. The van der Waals surface area contributed by atoms with Crippen LogP contribution in [0.3, 0.4) is 0 Å². The molecule has 11 heteroatoms. The van der Waals surface area contributed by atoms with E-state index in [1.807, 2.05) is 36.2 Å². The van der Waals surface area contributed by atoms with E-state index in [1.165, 1.54) is 0 Å². The maximum atomic E-state index is 14.0. The highest BCUT2D eigenvalue weighted by Crippen LogP contribution is 2.62. The van der Waals surface area contributed by atoms with Crippen molar-refractivity contribution in [3.63, 3.8) is 0 Å². The molecule has 3 fully saturated rings. The molecule has 2 N–H and O–H groups in total. The van der Waals surface area contributed by atoms with Crippen LogP contribution in [-0.2, 0) is 19.1 Å². The number of amides is 1. The fourth-order valence-electron chi connectivity index (χ4n) is 9.26. The van der Waals surface area contributed by atoms with Crippen molar-refractivity contribution in [1.29, 1.82) is 0 Å². The first-order valence-corrected chi connectivity index (χ1v) is 21.6. The van der Waals surface area contributed by atoms with Crippen LogP contribution in [0.2, 0.25) is 0 Å². The number of ether oxygens (including phenoxy) is 4. The normalized spacial score (nSPS) is 29.0. The molecule has 2 aromatic rings. The Morgan fingerprint density at radius 2 is 1.80 bits per heavy atom. The smallest absolute Gasteiger partial charge is 0.239 e. The number of aliphatic hydroxyl groups is 2. The third-order valence-electron chi connectivity index (χ3n) is 12.1. The second-order valence-corrected chi connectivity index (χ2v) is 16.6. The zero-order valence-corrected chi connectivity index (χ0v) is 33.2. The minimum Gasteiger partial charge on any atom is -0.459 e. The van der Waals surface area contributed by atoms with Crippen LogP contribution in [0, 0.1) is 23.7 Å². The zero-order chi connectivity index (χ0) is 38.4. The molecule has 5 aliphatic rings. The second kappa shape index (κ2) is 18.3. The van der Waals surface area contributed by atoms with Crippen molar-refractivity contribution in [3.8, 4) is 17.2 Å². The number of carbonyl (C=O) groups is 1. The summed E-state index contributed by atoms with van der Waals surface area (Å²) in [5.74, 6) is 0.817. The van der Waals surface area contributed by atoms with Crippen LogP contribution >= 0.6 is 11.8 Å². The van der Waals surface area contributed by atoms with Crippen LogP contribution in [0.1, 0.15) is 88.5 Å². The van der Waals surface area contributed by atoms with Crippen LogP contribution in [0.5, 0.6) is 17.2 Å². The van der Waals surface area contributed by atoms with Gasteiger partial charge in [0, 0.05) is 55.4 Å². The highest BCUT2D eigenvalue weighted by Gasteiger charge is 2.65. The van der Waals surface area contributed by atoms with E-state index in [4.69, 9.17) is 28.9 Å². The third-order valence-corrected chi connectivity index (χ3v) is 12.8. The van der Waals surface area contributed by atoms with E-state index in [-0.39, 0.29) is 55.3 Å². The number of fused-ring (bicyclic) bond motifs is 2. The van der Waals surface area contributed by atoms with Gasteiger partial charge in [-0.15, -0.1) is 18.3 Å². The van der Waals surface area contributed by atoms with Gasteiger partial charge in [-0.05, 0) is 117 Å². The monoisotopic (exact) mass is 774 g/mol. The molecule has 298 valence electrons. The summed E-state index contributed by atoms with van der Waals surface area (Å²) in [6.45, 7) is 5.16. The molecule has 0 bridgehead atoms. The number of unbranched alkanes of at least 4 members (excludes halogenated alkanes) is 2. The summed E-state index contributed by atoms with van der Waals surface area (Å²) in [6.07, 6.45) is 15.6. The quantitative estimate of drug-likeness (QED) is 0.0669. The summed E-state index contributed by atoms with van der Waals surface area (Å²) in [7, 11) is 1.88. The molecule has 0 spiro atoms. The highest BCUT2D eigenvalue weighted by atomic mass is 32.2. The van der Waals surface area contributed by atoms with E-state index in [9.17, 15) is 15.0 Å². The van der Waals surface area contributed by atoms with Gasteiger partial charge in [0.15, 0.2) is 0 Å². The molecule has 55 heavy (non-hydrogen) atoms. The molecule has 2 aromatic carbocycles. The lowest BCUT2D eigenvalue weighted by atomic mass is 9.55. The Kier molecular flexibility index (Phi) is 13.2. The molecule has 7 rings (SSSR count). The summed E-state index contributed by atoms with van der Waals surface area (Å²) in [5, 5.41) is 24.6. The first-order chi connectivity index (χ1) is 26.9. The average molecular weight is 775 g/mol. The number of thioether (sulfide) groups is 1. The molecule has 10 nitrogen and oxygen atoms in total. The fourth-order valence-corrected chi connectivity index (χ4v) is 9.67. The Balaban J connectivity index is 1.39. The molecule has 2 saturated carbocycles. The van der Waals surface area contributed by atoms with Crippen molar-refractivity contribution in [2.75, 3.05) is 39.7 Å². The SMILES string of the molecule is C=CCO[C@@]12Oc3ccc(Oc4ccc(SC)cc4)cc3[C@H]3[C@H](CCCCO)[C@@H](CCCCO)C=C(C(=NOC4CCCCO4)C[C@@H]1N(C)C(=O)C1CC1)[C@H]32. The number of benzene rings is 2. The van der Waals surface area contributed by atoms with E-state index in [2.05, 4.69) is 37.1 Å². The number of carbonyl (C=O) groups excluding carboxylic acids is 1. The van der Waals surface area contributed by atoms with Crippen LogP contribution in [0.15, 0.2) is 76.8 Å². The Morgan fingerprint density at radius 1 is 1.04 bits per heavy atom. The van der Waals surface area contributed by atoms with Crippen molar-refractivity contribution < 1.29 is 38.8 Å². The largest absolute Gasteiger partial charge is 0.459 e. The first kappa shape index (κ1) is 39.9. The number of aliphatic hydroxyl groups excluding tert-OH is 2. The van der Waals surface area contributed by atoms with Crippen molar-refractivity contribution >= 4 is 23.4 Å². The lowest BCUT2D eigenvalue weighted by Crippen LogP contribution is -2.69. The number of nitrogens with zero attached hydrogens (tertiary/aromatic N) is 2. The van der Waals surface area contributed by atoms with Gasteiger partial charge >= 0.3 is 0 Å². The van der Waals surface area contributed by atoms with E-state index in [0.717, 1.165) is 91.7 Å². The summed E-state index contributed by atoms with van der Waals surface area (Å²) in [5.41, 5.74) is 2.84. The van der Waals surface area contributed by atoms with E-state index in [1.54, 1.807) is 17.8 Å². The van der Waals surface area contributed by atoms with E-state index >= 15 is 0 Å². The summed E-state index contributed by atoms with van der Waals surface area (Å²) >= 11 is 1.69. The Hall–Kier alpha value is -3.35. The number of allylic oxidation sites excluding steroid dienone is 1. The second-order valence-electron chi connectivity index (χ2n) is 15.7. The summed E-state index contributed by atoms with van der Waals surface area (Å²) in [4.78, 5) is 23.3. The van der Waals surface area contributed by atoms with Gasteiger partial charge in [-0.25, -0.2) is 0 Å². The highest BCUT2D eigenvalue weighted by molar-refractivity contribution is 7.98. The number of hydrogen-bond acceptors (Lipinski definition) is 10. The van der Waals surface area contributed by atoms with Crippen molar-refractivity contribution in [1.82, 2.24) is 4.90 Å². The molecule has 2 aliphatic heterocycles. The zero-order valence-electron chi connectivity index (χ0n) is 32.4. The van der Waals surface area contributed by atoms with Gasteiger partial charge in [0.05, 0.1) is 24.8 Å². The first-order valence-electron chi connectivity index (χ1n) is 20.3. The van der Waals surface area contributed by atoms with Crippen LogP contribution in [-0.4, -0.2) is 84.6 Å². The average Bonchev–Trinajstić information content (AvgIpc) is 4.07. The molecule has 0 radical (unpaired) electrons. The van der Waals surface area contributed by atoms with E-state index < -0.39 is 18.1 Å². The van der Waals surface area contributed by atoms with Gasteiger partial charge in [0.1, 0.15) is 23.3 Å². The molecule has 1 unspecified atom stereocenters. The van der Waals surface area contributed by atoms with Crippen LogP contribution in [0.25, 0.3) is 0 Å². The van der Waals surface area contributed by atoms with Crippen molar-refractivity contribution in [2.45, 2.75) is 106 Å². The van der Waals surface area contributed by atoms with E-state index in [0.29, 0.717) is 30.9 Å². The van der Waals surface area contributed by atoms with Gasteiger partial charge in [-0.3, -0.25) is 4.79 Å². The molecule has 1 amide bonds. The Morgan fingerprint density at radius 3 is 2.49 bits per heavy atom. The molecule has 7 atom stereocenters. The predicted octanol–water partition coefficient (Wildman–Crippen LogP) is 8.23. The topological polar surface area (TPSA) is 119 Å². The van der Waals surface area contributed by atoms with Crippen LogP contribution < -0.4 is 9.47 Å². The molecule has 3 aliphatic carbocycles. The lowest BCUT2D eigenvalue weighted by molar-refractivity contribution is -0.256. The third kappa shape index (κ3) is 8.66. The fraction of sp³-hybridized carbons (Fsp3) is 0.591. The number of hydrogen-bond donors (Lipinski definition) is 2. The maximum Gasteiger partial charge on any atom is 0.239 e. The van der Waals surface area contributed by atoms with Gasteiger partial charge < -0.3 is 38.9 Å². The van der Waals surface area contributed by atoms with Gasteiger partial charge in [-0.1, -0.05) is 30.1 Å². The standard InChI is InChI=1S/C44H58N2O8S/c1-4-24-51-44-39(46(2)43(49)29-14-15-29)28-37(45-54-40-13-7-10-25-50-40)35-26-30(11-5-8-22-47)34(12-6-9-23-48)41(42(35)44)36-27-32(18-21-38(36)53-44)52-31-16-19-33(55-3)20-17-31/h4,16-21,26-27,29-30,34,39-42,47-48H,1,5-15,22-25,28H2,2-3H3/t30-,34+,39-,40?,41+,42+,44+/m0/s1. The van der Waals surface area contributed by atoms with Gasteiger partial charge in [0.25, 0.3) is 0 Å². The minimum atomic E-state index is -1.25.